The van der Waals surface area contributed by atoms with Crippen molar-refractivity contribution in [3.05, 3.63) is 60.3 Å². The monoisotopic (exact) mass is 455 g/mol. The van der Waals surface area contributed by atoms with E-state index in [2.05, 4.69) is 36.8 Å². The lowest BCUT2D eigenvalue weighted by Gasteiger charge is -2.13. The van der Waals surface area contributed by atoms with Crippen LogP contribution in [0.4, 0.5) is 19.1 Å². The number of aromatic nitrogens is 6. The van der Waals surface area contributed by atoms with Gasteiger partial charge in [0.2, 0.25) is 5.95 Å². The first-order valence-corrected chi connectivity index (χ1v) is 9.46. The predicted molar refractivity (Wildman–Crippen MR) is 111 cm³/mol. The molecule has 0 spiro atoms. The van der Waals surface area contributed by atoms with Crippen molar-refractivity contribution in [1.29, 1.82) is 0 Å². The van der Waals surface area contributed by atoms with Gasteiger partial charge in [0, 0.05) is 30.2 Å². The van der Waals surface area contributed by atoms with Gasteiger partial charge in [-0.1, -0.05) is 11.8 Å². The fraction of sp³-hybridized carbons (Fsp3) is 0.190. The second-order valence-electron chi connectivity index (χ2n) is 7.00. The van der Waals surface area contributed by atoms with E-state index >= 15 is 0 Å². The molecule has 0 radical (unpaired) electrons. The van der Waals surface area contributed by atoms with Gasteiger partial charge in [0.05, 0.1) is 11.0 Å². The summed E-state index contributed by atoms with van der Waals surface area (Å²) in [7, 11) is 0. The minimum Gasteiger partial charge on any atom is -0.455 e. The molecule has 1 aromatic carbocycles. The number of halogens is 3. The van der Waals surface area contributed by atoms with E-state index < -0.39 is 18.4 Å². The molecule has 0 aliphatic rings. The van der Waals surface area contributed by atoms with Crippen LogP contribution in [0.1, 0.15) is 18.3 Å². The summed E-state index contributed by atoms with van der Waals surface area (Å²) in [6.45, 7) is -0.0889. The summed E-state index contributed by atoms with van der Waals surface area (Å²) in [5, 5.41) is 10.6. The highest BCUT2D eigenvalue weighted by molar-refractivity contribution is 5.80. The van der Waals surface area contributed by atoms with Crippen LogP contribution in [-0.2, 0) is 5.60 Å². The molecule has 0 aliphatic carbocycles. The fourth-order valence-corrected chi connectivity index (χ4v) is 2.88. The fourth-order valence-electron chi connectivity index (χ4n) is 2.88. The summed E-state index contributed by atoms with van der Waals surface area (Å²) in [6.07, 6.45) is -0.231. The molecule has 0 aliphatic heterocycles. The largest absolute Gasteiger partial charge is 0.455 e. The number of nitrogen functional groups attached to an aromatic ring is 1. The average molecular weight is 455 g/mol. The normalized spacial score (nSPS) is 13.2. The highest BCUT2D eigenvalue weighted by atomic mass is 19.4. The molecule has 3 heterocycles. The molecule has 0 saturated heterocycles. The van der Waals surface area contributed by atoms with Gasteiger partial charge in [0.15, 0.2) is 18.0 Å². The second kappa shape index (κ2) is 8.36. The second-order valence-corrected chi connectivity index (χ2v) is 7.00. The molecule has 3 aromatic heterocycles. The first kappa shape index (κ1) is 22.0. The van der Waals surface area contributed by atoms with Gasteiger partial charge in [-0.2, -0.15) is 23.1 Å². The number of ether oxygens (including phenoxy) is 1. The number of hydrogen-bond donors (Lipinski definition) is 2. The Morgan fingerprint density at radius 3 is 2.55 bits per heavy atom. The van der Waals surface area contributed by atoms with Crippen LogP contribution in [0.3, 0.4) is 0 Å². The summed E-state index contributed by atoms with van der Waals surface area (Å²) in [5.74, 6) is 5.75. The summed E-state index contributed by atoms with van der Waals surface area (Å²) in [6, 6.07) is 7.49. The molecule has 4 rings (SSSR count). The number of alkyl halides is 3. The molecule has 1 atom stereocenters. The molecule has 4 aromatic rings. The van der Waals surface area contributed by atoms with Crippen molar-refractivity contribution in [3.8, 4) is 23.7 Å². The Morgan fingerprint density at radius 2 is 1.85 bits per heavy atom. The highest BCUT2D eigenvalue weighted by Crippen LogP contribution is 2.28. The Balaban J connectivity index is 1.79. The Labute approximate surface area is 185 Å². The van der Waals surface area contributed by atoms with E-state index in [9.17, 15) is 18.3 Å². The smallest absolute Gasteiger partial charge is 0.422 e. The number of nitrogens with two attached hydrogens (primary N) is 1. The molecule has 0 fully saturated rings. The minimum atomic E-state index is -4.56. The zero-order valence-electron chi connectivity index (χ0n) is 17.1. The predicted octanol–water partition coefficient (Wildman–Crippen LogP) is 2.39. The number of rotatable bonds is 4. The number of anilines is 1. The van der Waals surface area contributed by atoms with Gasteiger partial charge in [0.25, 0.3) is 0 Å². The van der Waals surface area contributed by atoms with Crippen molar-refractivity contribution >= 4 is 17.0 Å². The van der Waals surface area contributed by atoms with Crippen LogP contribution in [0.5, 0.6) is 6.01 Å². The van der Waals surface area contributed by atoms with Crippen LogP contribution >= 0.6 is 0 Å². The number of aliphatic hydroxyl groups is 1. The minimum absolute atomic E-state index is 0.0778. The Kier molecular flexibility index (Phi) is 5.57. The van der Waals surface area contributed by atoms with E-state index in [0.717, 1.165) is 0 Å². The molecule has 12 heteroatoms. The Bertz CT molecular complexity index is 1360. The van der Waals surface area contributed by atoms with Crippen LogP contribution in [0, 0.1) is 11.8 Å². The zero-order chi connectivity index (χ0) is 23.6. The molecule has 168 valence electrons. The van der Waals surface area contributed by atoms with Gasteiger partial charge in [0.1, 0.15) is 5.82 Å². The molecule has 0 amide bonds. The lowest BCUT2D eigenvalue weighted by molar-refractivity contribution is -0.154. The third-order valence-corrected chi connectivity index (χ3v) is 4.33. The first-order chi connectivity index (χ1) is 15.6. The molecule has 0 bridgehead atoms. The lowest BCUT2D eigenvalue weighted by Crippen LogP contribution is -2.21. The topological polar surface area (TPSA) is 125 Å². The third-order valence-electron chi connectivity index (χ3n) is 4.33. The number of nitrogens with zero attached hydrogens (tertiary/aromatic N) is 6. The summed E-state index contributed by atoms with van der Waals surface area (Å²) in [4.78, 5) is 20.0. The van der Waals surface area contributed by atoms with Gasteiger partial charge in [-0.05, 0) is 31.2 Å². The maximum atomic E-state index is 12.8. The average Bonchev–Trinajstić information content (AvgIpc) is 3.14. The molecule has 1 unspecified atom stereocenters. The molecule has 0 saturated carbocycles. The van der Waals surface area contributed by atoms with Crippen LogP contribution in [0.2, 0.25) is 0 Å². The van der Waals surface area contributed by atoms with Crippen LogP contribution in [0.25, 0.3) is 16.9 Å². The lowest BCUT2D eigenvalue weighted by atomic mass is 10.1. The van der Waals surface area contributed by atoms with Crippen molar-refractivity contribution in [3.63, 3.8) is 0 Å². The summed E-state index contributed by atoms with van der Waals surface area (Å²) in [5.41, 5.74) is 5.18. The summed E-state index contributed by atoms with van der Waals surface area (Å²) < 4.78 is 44.5. The van der Waals surface area contributed by atoms with Gasteiger partial charge >= 0.3 is 12.2 Å². The maximum absolute atomic E-state index is 12.8. The molecule has 33 heavy (non-hydrogen) atoms. The first-order valence-electron chi connectivity index (χ1n) is 9.46. The van der Waals surface area contributed by atoms with E-state index in [0.29, 0.717) is 16.6 Å². The van der Waals surface area contributed by atoms with E-state index in [1.54, 1.807) is 24.3 Å². The van der Waals surface area contributed by atoms with E-state index in [4.69, 9.17) is 10.5 Å². The van der Waals surface area contributed by atoms with Gasteiger partial charge < -0.3 is 15.6 Å². The van der Waals surface area contributed by atoms with Gasteiger partial charge in [-0.15, -0.1) is 0 Å². The van der Waals surface area contributed by atoms with Crippen molar-refractivity contribution < 1.29 is 23.0 Å². The highest BCUT2D eigenvalue weighted by Gasteiger charge is 2.30. The standard InChI is InChI=1S/C21H16F3N7O2/c1-20(32,17-26-8-2-9-27-17)7-5-13-3-4-14-15(11-13)31(16-6-10-28-18(25)30-16)19(29-14)33-12-21(22,23)24/h2-4,6,8-11,32H,12H2,1H3,(H2,25,28,30). The van der Waals surface area contributed by atoms with Gasteiger partial charge in [-0.25, -0.2) is 19.5 Å². The van der Waals surface area contributed by atoms with Crippen LogP contribution in [-0.4, -0.2) is 47.4 Å². The van der Waals surface area contributed by atoms with E-state index in [1.165, 1.54) is 36.1 Å². The third kappa shape index (κ3) is 4.99. The van der Waals surface area contributed by atoms with Gasteiger partial charge in [-0.3, -0.25) is 0 Å². The Morgan fingerprint density at radius 1 is 1.09 bits per heavy atom. The number of benzene rings is 1. The van der Waals surface area contributed by atoms with Crippen molar-refractivity contribution in [2.45, 2.75) is 18.7 Å². The van der Waals surface area contributed by atoms with E-state index in [1.807, 2.05) is 0 Å². The molecule has 3 N–H and O–H groups in total. The zero-order valence-corrected chi connectivity index (χ0v) is 17.1. The Hall–Kier alpha value is -4.24. The SMILES string of the molecule is CC(O)(C#Cc1ccc2nc(OCC(F)(F)F)n(-c3ccnc(N)n3)c2c1)c1ncccn1. The van der Waals surface area contributed by atoms with Crippen molar-refractivity contribution in [2.75, 3.05) is 12.3 Å². The maximum Gasteiger partial charge on any atom is 0.422 e. The van der Waals surface area contributed by atoms with Crippen LogP contribution in [0.15, 0.2) is 48.9 Å². The molecule has 9 nitrogen and oxygen atoms in total. The van der Waals surface area contributed by atoms with Crippen molar-refractivity contribution in [2.24, 2.45) is 0 Å². The number of fused-ring (bicyclic) bond motifs is 1. The quantitative estimate of drug-likeness (QED) is 0.450. The van der Waals surface area contributed by atoms with Crippen LogP contribution < -0.4 is 10.5 Å². The molecular weight excluding hydrogens is 439 g/mol. The summed E-state index contributed by atoms with van der Waals surface area (Å²) >= 11 is 0. The molecular formula is C21H16F3N7O2. The van der Waals surface area contributed by atoms with E-state index in [-0.39, 0.29) is 23.6 Å². The van der Waals surface area contributed by atoms with Crippen molar-refractivity contribution in [1.82, 2.24) is 29.5 Å². The number of hydrogen-bond acceptors (Lipinski definition) is 8. The number of imidazole rings is 1.